The molecule has 0 unspecified atom stereocenters. The summed E-state index contributed by atoms with van der Waals surface area (Å²) in [4.78, 5) is 16.4. The van der Waals surface area contributed by atoms with Gasteiger partial charge in [-0.05, 0) is 77.3 Å². The third kappa shape index (κ3) is 6.84. The van der Waals surface area contributed by atoms with E-state index in [1.165, 1.54) is 0 Å². The number of pyridine rings is 1. The normalized spacial score (nSPS) is 13.0. The Balaban J connectivity index is 2.24. The number of benzene rings is 1. The number of hydrogen-bond acceptors (Lipinski definition) is 6. The van der Waals surface area contributed by atoms with Crippen LogP contribution in [0.2, 0.25) is 0 Å². The molecular weight excluding hydrogens is 409 g/mol. The third-order valence-electron chi connectivity index (χ3n) is 4.98. The van der Waals surface area contributed by atoms with Crippen molar-refractivity contribution in [2.24, 2.45) is 0 Å². The van der Waals surface area contributed by atoms with Gasteiger partial charge in [-0.25, -0.2) is 14.2 Å². The van der Waals surface area contributed by atoms with Gasteiger partial charge in [0.2, 0.25) is 0 Å². The molecule has 0 fully saturated rings. The standard InChI is InChI=1S/C24H32FN5O2/c1-8-20(16(4)27-23(31)32-24(5,6)7)29-22-19(25)12-17(13-26)21(30-22)28-18-10-9-14(2)15(3)11-18/h9-12,16,20H,8H2,1-7H3,(H,27,31)(H2,28,29,30)/t16-,20+/m0/s1. The Hall–Kier alpha value is -3.34. The lowest BCUT2D eigenvalue weighted by molar-refractivity contribution is 0.0503. The summed E-state index contributed by atoms with van der Waals surface area (Å²) >= 11 is 0. The zero-order valence-electron chi connectivity index (χ0n) is 19.8. The molecule has 7 nitrogen and oxygen atoms in total. The van der Waals surface area contributed by atoms with E-state index in [1.807, 2.05) is 45.0 Å². The summed E-state index contributed by atoms with van der Waals surface area (Å²) in [6.45, 7) is 13.1. The fourth-order valence-corrected chi connectivity index (χ4v) is 3.08. The predicted octanol–water partition coefficient (Wildman–Crippen LogP) is 5.56. The van der Waals surface area contributed by atoms with Crippen molar-refractivity contribution in [1.82, 2.24) is 10.3 Å². The van der Waals surface area contributed by atoms with Gasteiger partial charge in [-0.15, -0.1) is 0 Å². The maximum atomic E-state index is 14.7. The first kappa shape index (κ1) is 24.9. The zero-order chi connectivity index (χ0) is 24.1. The van der Waals surface area contributed by atoms with Crippen LogP contribution in [0.1, 0.15) is 57.7 Å². The van der Waals surface area contributed by atoms with Crippen LogP contribution in [-0.2, 0) is 4.74 Å². The fraction of sp³-hybridized carbons (Fsp3) is 0.458. The highest BCUT2D eigenvalue weighted by Gasteiger charge is 2.23. The first-order chi connectivity index (χ1) is 14.9. The van der Waals surface area contributed by atoms with Crippen LogP contribution in [0.15, 0.2) is 24.3 Å². The lowest BCUT2D eigenvalue weighted by Gasteiger charge is -2.27. The SMILES string of the molecule is CC[C@@H](Nc1nc(Nc2ccc(C)c(C)c2)c(C#N)cc1F)[C@H](C)NC(=O)OC(C)(C)C. The van der Waals surface area contributed by atoms with E-state index >= 15 is 0 Å². The number of nitrogens with zero attached hydrogens (tertiary/aromatic N) is 2. The molecule has 1 aromatic carbocycles. The molecule has 1 amide bonds. The number of amides is 1. The lowest BCUT2D eigenvalue weighted by Crippen LogP contribution is -2.46. The Morgan fingerprint density at radius 1 is 1.22 bits per heavy atom. The van der Waals surface area contributed by atoms with Gasteiger partial charge >= 0.3 is 6.09 Å². The summed E-state index contributed by atoms with van der Waals surface area (Å²) < 4.78 is 20.0. The second-order valence-corrected chi connectivity index (χ2v) is 8.84. The number of hydrogen-bond donors (Lipinski definition) is 3. The number of carbonyl (C=O) groups is 1. The molecule has 0 spiro atoms. The molecule has 0 bridgehead atoms. The molecule has 0 saturated carbocycles. The monoisotopic (exact) mass is 441 g/mol. The molecule has 1 aromatic heterocycles. The molecule has 3 N–H and O–H groups in total. The number of alkyl carbamates (subject to hydrolysis) is 1. The van der Waals surface area contributed by atoms with E-state index in [2.05, 4.69) is 20.9 Å². The van der Waals surface area contributed by atoms with Gasteiger partial charge in [0.25, 0.3) is 0 Å². The van der Waals surface area contributed by atoms with Gasteiger partial charge in [0.05, 0.1) is 5.56 Å². The van der Waals surface area contributed by atoms with Gasteiger partial charge in [-0.2, -0.15) is 5.26 Å². The molecule has 1 heterocycles. The number of aryl methyl sites for hydroxylation is 2. The minimum Gasteiger partial charge on any atom is -0.444 e. The van der Waals surface area contributed by atoms with Gasteiger partial charge in [-0.1, -0.05) is 13.0 Å². The summed E-state index contributed by atoms with van der Waals surface area (Å²) in [6.07, 6.45) is 0.0495. The molecule has 0 aliphatic rings. The van der Waals surface area contributed by atoms with Gasteiger partial charge in [0.15, 0.2) is 17.5 Å². The highest BCUT2D eigenvalue weighted by molar-refractivity contribution is 5.68. The van der Waals surface area contributed by atoms with Crippen LogP contribution in [0.5, 0.6) is 0 Å². The van der Waals surface area contributed by atoms with Crippen molar-refractivity contribution < 1.29 is 13.9 Å². The molecule has 2 aromatic rings. The molecule has 2 rings (SSSR count). The van der Waals surface area contributed by atoms with E-state index < -0.39 is 17.5 Å². The summed E-state index contributed by atoms with van der Waals surface area (Å²) in [7, 11) is 0. The molecule has 0 saturated heterocycles. The zero-order valence-corrected chi connectivity index (χ0v) is 19.8. The summed E-state index contributed by atoms with van der Waals surface area (Å²) in [5.74, 6) is -0.391. The summed E-state index contributed by atoms with van der Waals surface area (Å²) in [5, 5.41) is 18.4. The first-order valence-corrected chi connectivity index (χ1v) is 10.6. The van der Waals surface area contributed by atoms with E-state index in [1.54, 1.807) is 27.7 Å². The molecule has 2 atom stereocenters. The highest BCUT2D eigenvalue weighted by atomic mass is 19.1. The summed E-state index contributed by atoms with van der Waals surface area (Å²) in [5.41, 5.74) is 2.46. The van der Waals surface area contributed by atoms with Crippen LogP contribution in [0.3, 0.4) is 0 Å². The van der Waals surface area contributed by atoms with Crippen molar-refractivity contribution in [2.75, 3.05) is 10.6 Å². The molecule has 172 valence electrons. The average molecular weight is 442 g/mol. The average Bonchev–Trinajstić information content (AvgIpc) is 2.69. The van der Waals surface area contributed by atoms with Crippen molar-refractivity contribution in [3.8, 4) is 6.07 Å². The fourth-order valence-electron chi connectivity index (χ4n) is 3.08. The Labute approximate surface area is 189 Å². The van der Waals surface area contributed by atoms with Crippen LogP contribution in [-0.4, -0.2) is 28.8 Å². The molecule has 0 aliphatic carbocycles. The number of nitrogens with one attached hydrogen (secondary N) is 3. The largest absolute Gasteiger partial charge is 0.444 e. The number of carbonyl (C=O) groups excluding carboxylic acids is 1. The van der Waals surface area contributed by atoms with Crippen LogP contribution in [0.4, 0.5) is 26.5 Å². The lowest BCUT2D eigenvalue weighted by atomic mass is 10.1. The van der Waals surface area contributed by atoms with Crippen molar-refractivity contribution in [1.29, 1.82) is 5.26 Å². The topological polar surface area (TPSA) is 99.1 Å². The minimum absolute atomic E-state index is 0.0000207. The number of aromatic nitrogens is 1. The van der Waals surface area contributed by atoms with E-state index in [9.17, 15) is 14.4 Å². The Kier molecular flexibility index (Phi) is 8.03. The first-order valence-electron chi connectivity index (χ1n) is 10.6. The minimum atomic E-state index is -0.643. The molecule has 8 heteroatoms. The second kappa shape index (κ2) is 10.3. The van der Waals surface area contributed by atoms with Gasteiger partial charge in [0, 0.05) is 17.8 Å². The van der Waals surface area contributed by atoms with Gasteiger partial charge < -0.3 is 20.7 Å². The Bertz CT molecular complexity index is 1010. The van der Waals surface area contributed by atoms with E-state index in [0.29, 0.717) is 6.42 Å². The number of anilines is 3. The van der Waals surface area contributed by atoms with E-state index in [-0.39, 0.29) is 29.3 Å². The number of halogens is 1. The molecule has 32 heavy (non-hydrogen) atoms. The van der Waals surface area contributed by atoms with Crippen LogP contribution >= 0.6 is 0 Å². The molecule has 0 aliphatic heterocycles. The summed E-state index contributed by atoms with van der Waals surface area (Å²) in [6, 6.07) is 8.24. The van der Waals surface area contributed by atoms with Crippen LogP contribution in [0.25, 0.3) is 0 Å². The number of rotatable bonds is 7. The quantitative estimate of drug-likeness (QED) is 0.520. The number of ether oxygens (including phenoxy) is 1. The number of nitriles is 1. The predicted molar refractivity (Wildman–Crippen MR) is 125 cm³/mol. The van der Waals surface area contributed by atoms with Gasteiger partial charge in [0.1, 0.15) is 11.7 Å². The van der Waals surface area contributed by atoms with Crippen LogP contribution in [0, 0.1) is 31.0 Å². The second-order valence-electron chi connectivity index (χ2n) is 8.84. The molecular formula is C24H32FN5O2. The van der Waals surface area contributed by atoms with Crippen molar-refractivity contribution in [3.05, 3.63) is 46.8 Å². The van der Waals surface area contributed by atoms with Gasteiger partial charge in [-0.3, -0.25) is 0 Å². The van der Waals surface area contributed by atoms with E-state index in [4.69, 9.17) is 4.74 Å². The van der Waals surface area contributed by atoms with Crippen molar-refractivity contribution in [2.45, 2.75) is 72.6 Å². The van der Waals surface area contributed by atoms with Crippen molar-refractivity contribution >= 4 is 23.4 Å². The van der Waals surface area contributed by atoms with E-state index in [0.717, 1.165) is 22.9 Å². The third-order valence-corrected chi connectivity index (χ3v) is 4.98. The Morgan fingerprint density at radius 3 is 2.47 bits per heavy atom. The maximum Gasteiger partial charge on any atom is 0.407 e. The highest BCUT2D eigenvalue weighted by Crippen LogP contribution is 2.25. The molecule has 0 radical (unpaired) electrons. The maximum absolute atomic E-state index is 14.7. The van der Waals surface area contributed by atoms with Crippen LogP contribution < -0.4 is 16.0 Å². The smallest absolute Gasteiger partial charge is 0.407 e. The Morgan fingerprint density at radius 2 is 1.91 bits per heavy atom. The van der Waals surface area contributed by atoms with Crippen molar-refractivity contribution in [3.63, 3.8) is 0 Å².